The number of nitrogens with one attached hydrogen (secondary N) is 2. The molecule has 0 fully saturated rings. The Labute approximate surface area is 217 Å². The average molecular weight is 499 g/mol. The number of carbonyl (C=O) groups excluding carboxylic acids is 1. The van der Waals surface area contributed by atoms with Crippen LogP contribution in [0.3, 0.4) is 0 Å². The summed E-state index contributed by atoms with van der Waals surface area (Å²) in [6.07, 6.45) is 2.83. The van der Waals surface area contributed by atoms with Crippen molar-refractivity contribution in [1.29, 1.82) is 0 Å². The Bertz CT molecular complexity index is 1410. The molecule has 1 aliphatic carbocycles. The van der Waals surface area contributed by atoms with E-state index < -0.39 is 0 Å². The van der Waals surface area contributed by atoms with Gasteiger partial charge in [0, 0.05) is 30.3 Å². The number of likely N-dealkylation sites (N-methyl/N-ethyl adjacent to an activating group) is 1. The fourth-order valence-corrected chi connectivity index (χ4v) is 5.07. The van der Waals surface area contributed by atoms with Crippen LogP contribution in [0, 0.1) is 6.92 Å². The molecule has 0 saturated carbocycles. The number of aromatic nitrogens is 3. The van der Waals surface area contributed by atoms with Crippen molar-refractivity contribution in [2.24, 2.45) is 0 Å². The summed E-state index contributed by atoms with van der Waals surface area (Å²) < 4.78 is 7.90. The second-order valence-electron chi connectivity index (χ2n) is 9.84. The quantitative estimate of drug-likeness (QED) is 0.361. The van der Waals surface area contributed by atoms with Gasteiger partial charge in [-0.15, -0.1) is 0 Å². The van der Waals surface area contributed by atoms with E-state index in [4.69, 9.17) is 14.7 Å². The molecular weight excluding hydrogens is 464 g/mol. The fraction of sp³-hybridized carbons (Fsp3) is 0.345. The van der Waals surface area contributed by atoms with Gasteiger partial charge in [-0.3, -0.25) is 9.36 Å². The lowest BCUT2D eigenvalue weighted by Gasteiger charge is -2.26. The molecule has 5 rings (SSSR count). The minimum absolute atomic E-state index is 0.0525. The van der Waals surface area contributed by atoms with Gasteiger partial charge in [-0.2, -0.15) is 4.98 Å². The van der Waals surface area contributed by atoms with Gasteiger partial charge in [0.25, 0.3) is 0 Å². The lowest BCUT2D eigenvalue weighted by Crippen LogP contribution is -2.27. The van der Waals surface area contributed by atoms with E-state index in [-0.39, 0.29) is 12.0 Å². The number of anilines is 2. The molecular formula is C29H34N6O2. The van der Waals surface area contributed by atoms with E-state index in [1.54, 1.807) is 7.11 Å². The monoisotopic (exact) mass is 498 g/mol. The highest BCUT2D eigenvalue weighted by molar-refractivity contribution is 6.02. The van der Waals surface area contributed by atoms with E-state index in [9.17, 15) is 4.79 Å². The van der Waals surface area contributed by atoms with Gasteiger partial charge in [-0.25, -0.2) is 4.98 Å². The molecule has 37 heavy (non-hydrogen) atoms. The molecule has 2 N–H and O–H groups in total. The lowest BCUT2D eigenvalue weighted by molar-refractivity contribution is -0.116. The summed E-state index contributed by atoms with van der Waals surface area (Å²) in [4.78, 5) is 24.4. The van der Waals surface area contributed by atoms with Crippen molar-refractivity contribution >= 4 is 28.3 Å². The molecule has 0 bridgehead atoms. The summed E-state index contributed by atoms with van der Waals surface area (Å²) >= 11 is 0. The molecule has 2 heterocycles. The molecule has 0 spiro atoms. The zero-order valence-electron chi connectivity index (χ0n) is 21.9. The topological polar surface area (TPSA) is 84.3 Å². The van der Waals surface area contributed by atoms with Crippen molar-refractivity contribution in [2.45, 2.75) is 38.8 Å². The van der Waals surface area contributed by atoms with Gasteiger partial charge in [0.15, 0.2) is 0 Å². The summed E-state index contributed by atoms with van der Waals surface area (Å²) in [7, 11) is 5.51. The highest BCUT2D eigenvalue weighted by Gasteiger charge is 2.27. The van der Waals surface area contributed by atoms with E-state index >= 15 is 0 Å². The molecule has 1 aliphatic rings. The van der Waals surface area contributed by atoms with Gasteiger partial charge in [0.2, 0.25) is 11.9 Å². The summed E-state index contributed by atoms with van der Waals surface area (Å²) in [5.41, 5.74) is 5.98. The fourth-order valence-electron chi connectivity index (χ4n) is 5.07. The van der Waals surface area contributed by atoms with Crippen LogP contribution in [0.5, 0.6) is 0 Å². The molecule has 2 aromatic carbocycles. The minimum Gasteiger partial charge on any atom is -0.375 e. The van der Waals surface area contributed by atoms with Gasteiger partial charge in [-0.05, 0) is 64.0 Å². The van der Waals surface area contributed by atoms with Crippen LogP contribution in [0.25, 0.3) is 16.9 Å². The van der Waals surface area contributed by atoms with Crippen LogP contribution in [-0.2, 0) is 22.5 Å². The normalized spacial score (nSPS) is 15.1. The Hall–Kier alpha value is -3.75. The van der Waals surface area contributed by atoms with Gasteiger partial charge in [-0.1, -0.05) is 36.4 Å². The van der Waals surface area contributed by atoms with Gasteiger partial charge >= 0.3 is 0 Å². The smallest absolute Gasteiger partial charge is 0.238 e. The Balaban J connectivity index is 1.58. The molecule has 0 aliphatic heterocycles. The molecule has 1 amide bonds. The lowest BCUT2D eigenvalue weighted by atomic mass is 9.93. The second-order valence-corrected chi connectivity index (χ2v) is 9.84. The zero-order valence-corrected chi connectivity index (χ0v) is 21.9. The van der Waals surface area contributed by atoms with Crippen LogP contribution in [-0.4, -0.2) is 53.1 Å². The first-order chi connectivity index (χ1) is 17.9. The van der Waals surface area contributed by atoms with E-state index in [0.29, 0.717) is 19.0 Å². The molecule has 1 unspecified atom stereocenters. The second kappa shape index (κ2) is 10.7. The average Bonchev–Trinajstić information content (AvgIpc) is 3.23. The number of benzene rings is 2. The van der Waals surface area contributed by atoms with Crippen molar-refractivity contribution in [2.75, 3.05) is 38.4 Å². The van der Waals surface area contributed by atoms with Crippen molar-refractivity contribution in [3.05, 3.63) is 77.1 Å². The van der Waals surface area contributed by atoms with E-state index in [2.05, 4.69) is 33.4 Å². The van der Waals surface area contributed by atoms with E-state index in [0.717, 1.165) is 58.6 Å². The van der Waals surface area contributed by atoms with Crippen LogP contribution < -0.4 is 10.6 Å². The Morgan fingerprint density at radius 1 is 1.14 bits per heavy atom. The third-order valence-electron chi connectivity index (χ3n) is 6.78. The van der Waals surface area contributed by atoms with E-state index in [1.165, 1.54) is 5.56 Å². The van der Waals surface area contributed by atoms with Crippen LogP contribution in [0.2, 0.25) is 0 Å². The Morgan fingerprint density at radius 3 is 2.70 bits per heavy atom. The van der Waals surface area contributed by atoms with E-state index in [1.807, 2.05) is 62.3 Å². The van der Waals surface area contributed by atoms with Crippen LogP contribution >= 0.6 is 0 Å². The van der Waals surface area contributed by atoms with Crippen molar-refractivity contribution in [3.63, 3.8) is 0 Å². The van der Waals surface area contributed by atoms with Crippen molar-refractivity contribution in [3.8, 4) is 5.95 Å². The maximum absolute atomic E-state index is 12.5. The van der Waals surface area contributed by atoms with Crippen LogP contribution in [0.15, 0.2) is 54.6 Å². The molecule has 0 radical (unpaired) electrons. The number of fused-ring (bicyclic) bond motifs is 2. The standard InChI is InChI=1S/C29H34N6O2/c1-19-16-22-23(31-26(36)18-34(2)3)13-9-14-24(22)35(19)29-32-27-21(12-8-15-25(27)37-4)28(33-29)30-17-20-10-6-5-7-11-20/h5-7,9-11,13-14,16,25H,8,12,15,17-18H2,1-4H3,(H,31,36)(H,30,32,33). The first-order valence-corrected chi connectivity index (χ1v) is 12.7. The molecule has 4 aromatic rings. The number of ether oxygens (including phenoxy) is 1. The largest absolute Gasteiger partial charge is 0.375 e. The number of hydrogen-bond acceptors (Lipinski definition) is 6. The third kappa shape index (κ3) is 5.21. The molecule has 8 nitrogen and oxygen atoms in total. The predicted molar refractivity (Wildman–Crippen MR) is 147 cm³/mol. The summed E-state index contributed by atoms with van der Waals surface area (Å²) in [5.74, 6) is 1.40. The van der Waals surface area contributed by atoms with Crippen molar-refractivity contribution < 1.29 is 9.53 Å². The summed E-state index contributed by atoms with van der Waals surface area (Å²) in [5, 5.41) is 7.59. The Morgan fingerprint density at radius 2 is 1.95 bits per heavy atom. The number of aryl methyl sites for hydroxylation is 1. The minimum atomic E-state index is -0.0641. The molecule has 192 valence electrons. The first kappa shape index (κ1) is 24.9. The highest BCUT2D eigenvalue weighted by Crippen LogP contribution is 2.36. The first-order valence-electron chi connectivity index (χ1n) is 12.7. The van der Waals surface area contributed by atoms with Crippen LogP contribution in [0.4, 0.5) is 11.5 Å². The van der Waals surface area contributed by atoms with Gasteiger partial charge in [0.05, 0.1) is 29.5 Å². The molecule has 2 aromatic heterocycles. The van der Waals surface area contributed by atoms with Gasteiger partial charge < -0.3 is 20.3 Å². The number of amides is 1. The maximum Gasteiger partial charge on any atom is 0.238 e. The summed E-state index contributed by atoms with van der Waals surface area (Å²) in [6.45, 7) is 3.03. The van der Waals surface area contributed by atoms with Crippen LogP contribution in [0.1, 0.15) is 41.5 Å². The Kier molecular flexibility index (Phi) is 7.21. The number of methoxy groups -OCH3 is 1. The zero-order chi connectivity index (χ0) is 25.9. The maximum atomic E-state index is 12.5. The SMILES string of the molecule is COC1CCCc2c(NCc3ccccc3)nc(-n3c(C)cc4c(NC(=O)CN(C)C)cccc43)nc21. The number of nitrogens with zero attached hydrogens (tertiary/aromatic N) is 4. The van der Waals surface area contributed by atoms with Gasteiger partial charge in [0.1, 0.15) is 5.82 Å². The third-order valence-corrected chi connectivity index (χ3v) is 6.78. The molecule has 0 saturated heterocycles. The predicted octanol–water partition coefficient (Wildman–Crippen LogP) is 4.86. The summed E-state index contributed by atoms with van der Waals surface area (Å²) in [6, 6.07) is 18.3. The molecule has 1 atom stereocenters. The van der Waals surface area contributed by atoms with Crippen molar-refractivity contribution in [1.82, 2.24) is 19.4 Å². The molecule has 8 heteroatoms. The number of rotatable bonds is 8. The number of hydrogen-bond donors (Lipinski definition) is 2. The highest BCUT2D eigenvalue weighted by atomic mass is 16.5. The number of carbonyl (C=O) groups is 1.